The van der Waals surface area contributed by atoms with Gasteiger partial charge < -0.3 is 5.73 Å². The first-order valence-electron chi connectivity index (χ1n) is 9.83. The zero-order valence-corrected chi connectivity index (χ0v) is 18.1. The molecular weight excluding hydrogens is 424 g/mol. The van der Waals surface area contributed by atoms with Gasteiger partial charge in [0.1, 0.15) is 12.0 Å². The predicted molar refractivity (Wildman–Crippen MR) is 124 cm³/mol. The number of hydrogen-bond donors (Lipinski definition) is 2. The topological polar surface area (TPSA) is 115 Å². The first kappa shape index (κ1) is 19.8. The number of carbonyl (C=O) groups is 2. The van der Waals surface area contributed by atoms with Gasteiger partial charge in [-0.1, -0.05) is 47.7 Å². The van der Waals surface area contributed by atoms with Crippen LogP contribution in [0.15, 0.2) is 54.9 Å². The summed E-state index contributed by atoms with van der Waals surface area (Å²) < 4.78 is 2.46. The number of hydrogen-bond acceptors (Lipinski definition) is 6. The summed E-state index contributed by atoms with van der Waals surface area (Å²) in [4.78, 5) is 38.3. The molecule has 0 aliphatic heterocycles. The second-order valence-corrected chi connectivity index (χ2v) is 8.48. The molecular formula is C23H18N6O2S. The minimum Gasteiger partial charge on any atom is -0.364 e. The number of fused-ring (bicyclic) bond motifs is 2. The van der Waals surface area contributed by atoms with Gasteiger partial charge >= 0.3 is 0 Å². The average Bonchev–Trinajstić information content (AvgIpc) is 3.37. The second kappa shape index (κ2) is 7.54. The molecule has 0 aliphatic rings. The van der Waals surface area contributed by atoms with Crippen LogP contribution in [0.2, 0.25) is 0 Å². The molecule has 3 aromatic heterocycles. The van der Waals surface area contributed by atoms with Crippen LogP contribution in [-0.4, -0.2) is 31.2 Å². The van der Waals surface area contributed by atoms with Crippen molar-refractivity contribution in [2.75, 3.05) is 5.32 Å². The van der Waals surface area contributed by atoms with Gasteiger partial charge in [0.25, 0.3) is 11.8 Å². The van der Waals surface area contributed by atoms with E-state index in [4.69, 9.17) is 5.73 Å². The highest BCUT2D eigenvalue weighted by Crippen LogP contribution is 2.30. The molecule has 0 radical (unpaired) electrons. The molecule has 5 rings (SSSR count). The Balaban J connectivity index is 1.62. The summed E-state index contributed by atoms with van der Waals surface area (Å²) >= 11 is 1.41. The maximum atomic E-state index is 13.3. The molecule has 0 saturated heterocycles. The molecule has 0 bridgehead atoms. The molecule has 2 aromatic carbocycles. The van der Waals surface area contributed by atoms with Gasteiger partial charge in [-0.15, -0.1) is 0 Å². The molecule has 5 aromatic rings. The van der Waals surface area contributed by atoms with E-state index in [0.717, 1.165) is 26.9 Å². The number of benzene rings is 2. The summed E-state index contributed by atoms with van der Waals surface area (Å²) in [5, 5.41) is 3.37. The Morgan fingerprint density at radius 1 is 1.06 bits per heavy atom. The molecule has 0 aliphatic carbocycles. The summed E-state index contributed by atoms with van der Waals surface area (Å²) in [5.74, 6) is -1.11. The van der Waals surface area contributed by atoms with Crippen molar-refractivity contribution in [2.24, 2.45) is 5.73 Å². The van der Waals surface area contributed by atoms with Crippen LogP contribution in [-0.2, 0) is 0 Å². The highest BCUT2D eigenvalue weighted by Gasteiger charge is 2.20. The lowest BCUT2D eigenvalue weighted by Gasteiger charge is -2.09. The van der Waals surface area contributed by atoms with Crippen molar-refractivity contribution in [2.45, 2.75) is 13.8 Å². The normalized spacial score (nSPS) is 11.2. The molecule has 158 valence electrons. The van der Waals surface area contributed by atoms with Crippen molar-refractivity contribution in [1.29, 1.82) is 0 Å². The number of carbonyl (C=O) groups excluding carboxylic acids is 2. The quantitative estimate of drug-likeness (QED) is 0.437. The van der Waals surface area contributed by atoms with Gasteiger partial charge in [0.15, 0.2) is 16.5 Å². The van der Waals surface area contributed by atoms with Gasteiger partial charge in [0.05, 0.1) is 15.9 Å². The van der Waals surface area contributed by atoms with E-state index in [2.05, 4.69) is 26.3 Å². The number of aromatic nitrogens is 4. The van der Waals surface area contributed by atoms with Crippen molar-refractivity contribution >= 4 is 44.1 Å². The summed E-state index contributed by atoms with van der Waals surface area (Å²) in [6.07, 6.45) is 1.37. The van der Waals surface area contributed by atoms with E-state index < -0.39 is 11.8 Å². The van der Waals surface area contributed by atoms with E-state index in [-0.39, 0.29) is 17.0 Å². The third-order valence-corrected chi connectivity index (χ3v) is 6.01. The Morgan fingerprint density at radius 2 is 1.84 bits per heavy atom. The summed E-state index contributed by atoms with van der Waals surface area (Å²) in [5.41, 5.74) is 10.3. The van der Waals surface area contributed by atoms with E-state index in [9.17, 15) is 9.59 Å². The molecule has 0 saturated carbocycles. The van der Waals surface area contributed by atoms with Crippen molar-refractivity contribution < 1.29 is 9.59 Å². The standard InChI is InChI=1S/C23H18N6O2S/c1-12-8-13(2)18-17(9-12)32-23(27-18)28-22(31)16-10-15(14-6-4-3-5-7-14)26-21-19(20(24)30)25-11-29(16)21/h3-11H,1-2H3,(H2,24,30)(H,27,28,31). The molecule has 8 nitrogen and oxygen atoms in total. The van der Waals surface area contributed by atoms with E-state index in [0.29, 0.717) is 10.8 Å². The van der Waals surface area contributed by atoms with Gasteiger partial charge in [-0.25, -0.2) is 15.0 Å². The molecule has 9 heteroatoms. The number of primary amides is 1. The van der Waals surface area contributed by atoms with Crippen molar-refractivity contribution in [3.8, 4) is 11.3 Å². The first-order valence-corrected chi connectivity index (χ1v) is 10.6. The number of imidazole rings is 1. The molecule has 0 spiro atoms. The van der Waals surface area contributed by atoms with Crippen LogP contribution in [0.3, 0.4) is 0 Å². The number of anilines is 1. The number of rotatable bonds is 4. The molecule has 0 unspecified atom stereocenters. The highest BCUT2D eigenvalue weighted by molar-refractivity contribution is 7.22. The smallest absolute Gasteiger partial charge is 0.274 e. The molecule has 32 heavy (non-hydrogen) atoms. The monoisotopic (exact) mass is 442 g/mol. The van der Waals surface area contributed by atoms with Crippen molar-refractivity contribution in [3.63, 3.8) is 0 Å². The zero-order chi connectivity index (χ0) is 22.4. The lowest BCUT2D eigenvalue weighted by Crippen LogP contribution is -2.17. The molecule has 0 fully saturated rings. The number of amides is 2. The SMILES string of the molecule is Cc1cc(C)c2nc(NC(=O)c3cc(-c4ccccc4)nc4c(C(N)=O)ncn34)sc2c1. The Bertz CT molecular complexity index is 1520. The Kier molecular flexibility index (Phi) is 4.67. The van der Waals surface area contributed by atoms with Crippen molar-refractivity contribution in [1.82, 2.24) is 19.4 Å². The number of aryl methyl sites for hydroxylation is 2. The highest BCUT2D eigenvalue weighted by atomic mass is 32.1. The lowest BCUT2D eigenvalue weighted by molar-refractivity contribution is 0.0993. The largest absolute Gasteiger partial charge is 0.364 e. The fourth-order valence-electron chi connectivity index (χ4n) is 3.66. The van der Waals surface area contributed by atoms with Crippen molar-refractivity contribution in [3.05, 3.63) is 77.4 Å². The van der Waals surface area contributed by atoms with E-state index >= 15 is 0 Å². The average molecular weight is 443 g/mol. The molecule has 0 atom stereocenters. The lowest BCUT2D eigenvalue weighted by atomic mass is 10.1. The third kappa shape index (κ3) is 3.38. The number of thiazole rings is 1. The minimum absolute atomic E-state index is 0.00270. The van der Waals surface area contributed by atoms with Gasteiger partial charge in [-0.05, 0) is 37.1 Å². The zero-order valence-electron chi connectivity index (χ0n) is 17.3. The van der Waals surface area contributed by atoms with E-state index in [1.165, 1.54) is 22.1 Å². The molecule has 3 N–H and O–H groups in total. The molecule has 2 amide bonds. The van der Waals surface area contributed by atoms with Crippen LogP contribution < -0.4 is 11.1 Å². The number of nitrogens with one attached hydrogen (secondary N) is 1. The first-order chi connectivity index (χ1) is 15.4. The fourth-order valence-corrected chi connectivity index (χ4v) is 4.70. The number of nitrogens with two attached hydrogens (primary N) is 1. The minimum atomic E-state index is -0.714. The Morgan fingerprint density at radius 3 is 2.59 bits per heavy atom. The summed E-state index contributed by atoms with van der Waals surface area (Å²) in [6.45, 7) is 4.02. The molecule has 3 heterocycles. The maximum absolute atomic E-state index is 13.3. The van der Waals surface area contributed by atoms with Gasteiger partial charge in [-0.2, -0.15) is 0 Å². The van der Waals surface area contributed by atoms with Crippen LogP contribution in [0, 0.1) is 13.8 Å². The van der Waals surface area contributed by atoms with E-state index in [1.807, 2.05) is 50.2 Å². The van der Waals surface area contributed by atoms with Gasteiger partial charge in [-0.3, -0.25) is 19.3 Å². The van der Waals surface area contributed by atoms with Crippen LogP contribution in [0.4, 0.5) is 5.13 Å². The van der Waals surface area contributed by atoms with Gasteiger partial charge in [0, 0.05) is 5.56 Å². The Hall–Kier alpha value is -4.11. The third-order valence-electron chi connectivity index (χ3n) is 5.09. The van der Waals surface area contributed by atoms with Crippen LogP contribution in [0.1, 0.15) is 32.1 Å². The second-order valence-electron chi connectivity index (χ2n) is 7.45. The summed E-state index contributed by atoms with van der Waals surface area (Å²) in [7, 11) is 0. The van der Waals surface area contributed by atoms with E-state index in [1.54, 1.807) is 6.07 Å². The van der Waals surface area contributed by atoms with Crippen LogP contribution >= 0.6 is 11.3 Å². The number of nitrogens with zero attached hydrogens (tertiary/aromatic N) is 4. The summed E-state index contributed by atoms with van der Waals surface area (Å²) in [6, 6.07) is 15.1. The predicted octanol–water partition coefficient (Wildman–Crippen LogP) is 3.97. The van der Waals surface area contributed by atoms with Crippen LogP contribution in [0.25, 0.3) is 27.1 Å². The van der Waals surface area contributed by atoms with Gasteiger partial charge in [0.2, 0.25) is 0 Å². The Labute approximate surface area is 186 Å². The maximum Gasteiger partial charge on any atom is 0.274 e. The van der Waals surface area contributed by atoms with Crippen LogP contribution in [0.5, 0.6) is 0 Å². The fraction of sp³-hybridized carbons (Fsp3) is 0.0870.